The SMILES string of the molecule is CC(C)[C@@H](NS(=O)(=O)c1ccc2c(c1)OCCCO2)C(=O)N1CCN(c2ccccc2)CC1. The second-order valence-corrected chi connectivity index (χ2v) is 10.4. The zero-order valence-electron chi connectivity index (χ0n) is 19.1. The maximum absolute atomic E-state index is 13.3. The molecule has 0 spiro atoms. The van der Waals surface area contributed by atoms with Crippen molar-refractivity contribution in [1.82, 2.24) is 9.62 Å². The quantitative estimate of drug-likeness (QED) is 0.694. The molecule has 2 heterocycles. The molecule has 0 bridgehead atoms. The van der Waals surface area contributed by atoms with Crippen LogP contribution < -0.4 is 19.1 Å². The standard InChI is InChI=1S/C24H31N3O5S/c1-18(2)23(24(28)27-13-11-26(12-14-27)19-7-4-3-5-8-19)25-33(29,30)20-9-10-21-22(17-20)32-16-6-15-31-21/h3-5,7-10,17-18,23,25H,6,11-16H2,1-2H3/t23-/m1/s1. The minimum absolute atomic E-state index is 0.0547. The summed E-state index contributed by atoms with van der Waals surface area (Å²) in [6, 6.07) is 13.8. The first-order valence-electron chi connectivity index (χ1n) is 11.4. The van der Waals surface area contributed by atoms with Crippen LogP contribution in [0.25, 0.3) is 0 Å². The van der Waals surface area contributed by atoms with Crippen molar-refractivity contribution in [1.29, 1.82) is 0 Å². The Balaban J connectivity index is 1.45. The topological polar surface area (TPSA) is 88.2 Å². The Morgan fingerprint density at radius 1 is 0.939 bits per heavy atom. The Labute approximate surface area is 195 Å². The number of carbonyl (C=O) groups excluding carboxylic acids is 1. The number of rotatable bonds is 6. The van der Waals surface area contributed by atoms with Crippen molar-refractivity contribution in [3.05, 3.63) is 48.5 Å². The highest BCUT2D eigenvalue weighted by Gasteiger charge is 2.33. The van der Waals surface area contributed by atoms with E-state index in [0.717, 1.165) is 12.1 Å². The van der Waals surface area contributed by atoms with Crippen LogP contribution in [0.2, 0.25) is 0 Å². The fourth-order valence-corrected chi connectivity index (χ4v) is 5.39. The van der Waals surface area contributed by atoms with Crippen molar-refractivity contribution >= 4 is 21.6 Å². The van der Waals surface area contributed by atoms with E-state index in [0.29, 0.717) is 50.9 Å². The molecule has 1 N–H and O–H groups in total. The predicted molar refractivity (Wildman–Crippen MR) is 126 cm³/mol. The summed E-state index contributed by atoms with van der Waals surface area (Å²) in [5.74, 6) is 0.523. The molecule has 0 saturated carbocycles. The van der Waals surface area contributed by atoms with Gasteiger partial charge in [0.25, 0.3) is 0 Å². The van der Waals surface area contributed by atoms with Crippen LogP contribution in [0.3, 0.4) is 0 Å². The van der Waals surface area contributed by atoms with E-state index in [4.69, 9.17) is 9.47 Å². The van der Waals surface area contributed by atoms with Crippen LogP contribution in [0.4, 0.5) is 5.69 Å². The summed E-state index contributed by atoms with van der Waals surface area (Å²) in [5.41, 5.74) is 1.13. The van der Waals surface area contributed by atoms with Gasteiger partial charge in [0, 0.05) is 44.4 Å². The third-order valence-corrected chi connectivity index (χ3v) is 7.40. The third-order valence-electron chi connectivity index (χ3n) is 5.96. The van der Waals surface area contributed by atoms with E-state index < -0.39 is 16.1 Å². The maximum atomic E-state index is 13.3. The van der Waals surface area contributed by atoms with E-state index in [2.05, 4.69) is 21.8 Å². The molecule has 2 aliphatic heterocycles. The summed E-state index contributed by atoms with van der Waals surface area (Å²) in [4.78, 5) is 17.3. The molecule has 1 amide bonds. The lowest BCUT2D eigenvalue weighted by Gasteiger charge is -2.38. The minimum Gasteiger partial charge on any atom is -0.490 e. The molecule has 2 aromatic rings. The molecule has 1 atom stereocenters. The van der Waals surface area contributed by atoms with Crippen molar-refractivity contribution in [2.75, 3.05) is 44.3 Å². The fourth-order valence-electron chi connectivity index (χ4n) is 4.04. The van der Waals surface area contributed by atoms with Crippen LogP contribution in [0.15, 0.2) is 53.4 Å². The Morgan fingerprint density at radius 2 is 1.61 bits per heavy atom. The number of sulfonamides is 1. The molecule has 1 saturated heterocycles. The van der Waals surface area contributed by atoms with Crippen molar-refractivity contribution in [3.63, 3.8) is 0 Å². The molecule has 0 radical (unpaired) electrons. The number of fused-ring (bicyclic) bond motifs is 1. The average molecular weight is 474 g/mol. The smallest absolute Gasteiger partial charge is 0.241 e. The number of benzene rings is 2. The normalized spacial score (nSPS) is 17.5. The number of hydrogen-bond donors (Lipinski definition) is 1. The lowest BCUT2D eigenvalue weighted by atomic mass is 10.0. The zero-order chi connectivity index (χ0) is 23.4. The highest BCUT2D eigenvalue weighted by Crippen LogP contribution is 2.32. The number of anilines is 1. The van der Waals surface area contributed by atoms with Gasteiger partial charge in [0.05, 0.1) is 18.1 Å². The van der Waals surface area contributed by atoms with Crippen LogP contribution in [0, 0.1) is 5.92 Å². The summed E-state index contributed by atoms with van der Waals surface area (Å²) < 4.78 is 40.2. The predicted octanol–water partition coefficient (Wildman–Crippen LogP) is 2.50. The second-order valence-electron chi connectivity index (χ2n) is 8.65. The van der Waals surface area contributed by atoms with Gasteiger partial charge < -0.3 is 19.3 Å². The number of nitrogens with one attached hydrogen (secondary N) is 1. The molecule has 0 unspecified atom stereocenters. The van der Waals surface area contributed by atoms with Gasteiger partial charge in [-0.05, 0) is 30.2 Å². The largest absolute Gasteiger partial charge is 0.490 e. The van der Waals surface area contributed by atoms with Crippen molar-refractivity contribution in [3.8, 4) is 11.5 Å². The van der Waals surface area contributed by atoms with Crippen LogP contribution in [-0.2, 0) is 14.8 Å². The molecule has 0 aromatic heterocycles. The number of piperazine rings is 1. The molecule has 2 aromatic carbocycles. The number of para-hydroxylation sites is 1. The third kappa shape index (κ3) is 5.42. The lowest BCUT2D eigenvalue weighted by Crippen LogP contribution is -2.56. The molecule has 178 valence electrons. The zero-order valence-corrected chi connectivity index (χ0v) is 19.9. The summed E-state index contributed by atoms with van der Waals surface area (Å²) in [7, 11) is -3.93. The monoisotopic (exact) mass is 473 g/mol. The van der Waals surface area contributed by atoms with Gasteiger partial charge in [-0.3, -0.25) is 4.79 Å². The van der Waals surface area contributed by atoms with E-state index in [1.54, 1.807) is 11.0 Å². The number of carbonyl (C=O) groups is 1. The minimum atomic E-state index is -3.93. The van der Waals surface area contributed by atoms with Crippen molar-refractivity contribution < 1.29 is 22.7 Å². The molecule has 4 rings (SSSR count). The van der Waals surface area contributed by atoms with E-state index in [9.17, 15) is 13.2 Å². The Bertz CT molecular complexity index is 1070. The fraction of sp³-hybridized carbons (Fsp3) is 0.458. The highest BCUT2D eigenvalue weighted by molar-refractivity contribution is 7.89. The van der Waals surface area contributed by atoms with Crippen LogP contribution in [0.1, 0.15) is 20.3 Å². The number of amides is 1. The van der Waals surface area contributed by atoms with Gasteiger partial charge in [0.2, 0.25) is 15.9 Å². The Morgan fingerprint density at radius 3 is 2.27 bits per heavy atom. The first kappa shape index (κ1) is 23.4. The van der Waals surface area contributed by atoms with Gasteiger partial charge in [-0.25, -0.2) is 8.42 Å². The van der Waals surface area contributed by atoms with E-state index in [1.807, 2.05) is 32.0 Å². The van der Waals surface area contributed by atoms with Crippen molar-refractivity contribution in [2.45, 2.75) is 31.2 Å². The first-order valence-corrected chi connectivity index (χ1v) is 12.8. The van der Waals surface area contributed by atoms with E-state index in [1.165, 1.54) is 12.1 Å². The van der Waals surface area contributed by atoms with E-state index >= 15 is 0 Å². The van der Waals surface area contributed by atoms with Gasteiger partial charge in [0.15, 0.2) is 11.5 Å². The summed E-state index contributed by atoms with van der Waals surface area (Å²) >= 11 is 0. The van der Waals surface area contributed by atoms with Crippen LogP contribution >= 0.6 is 0 Å². The molecular weight excluding hydrogens is 442 g/mol. The van der Waals surface area contributed by atoms with Gasteiger partial charge in [-0.15, -0.1) is 0 Å². The molecule has 2 aliphatic rings. The molecular formula is C24H31N3O5S. The highest BCUT2D eigenvalue weighted by atomic mass is 32.2. The summed E-state index contributed by atoms with van der Waals surface area (Å²) in [6.45, 7) is 7.18. The van der Waals surface area contributed by atoms with Gasteiger partial charge >= 0.3 is 0 Å². The Hall–Kier alpha value is -2.78. The van der Waals surface area contributed by atoms with Gasteiger partial charge in [-0.2, -0.15) is 4.72 Å². The molecule has 9 heteroatoms. The van der Waals surface area contributed by atoms with Gasteiger partial charge in [-0.1, -0.05) is 32.0 Å². The first-order chi connectivity index (χ1) is 15.8. The van der Waals surface area contributed by atoms with Crippen LogP contribution in [-0.4, -0.2) is 64.7 Å². The van der Waals surface area contributed by atoms with E-state index in [-0.39, 0.29) is 16.7 Å². The Kier molecular flexibility index (Phi) is 7.09. The number of hydrogen-bond acceptors (Lipinski definition) is 6. The maximum Gasteiger partial charge on any atom is 0.241 e. The molecule has 0 aliphatic carbocycles. The molecule has 1 fully saturated rings. The number of ether oxygens (including phenoxy) is 2. The average Bonchev–Trinajstić information content (AvgIpc) is 3.08. The summed E-state index contributed by atoms with van der Waals surface area (Å²) in [6.07, 6.45) is 0.733. The lowest BCUT2D eigenvalue weighted by molar-refractivity contribution is -0.134. The molecule has 8 nitrogen and oxygen atoms in total. The van der Waals surface area contributed by atoms with Crippen LogP contribution in [0.5, 0.6) is 11.5 Å². The second kappa shape index (κ2) is 10.0. The summed E-state index contributed by atoms with van der Waals surface area (Å²) in [5, 5.41) is 0. The number of nitrogens with zero attached hydrogens (tertiary/aromatic N) is 2. The van der Waals surface area contributed by atoms with Gasteiger partial charge in [0.1, 0.15) is 6.04 Å². The molecule has 33 heavy (non-hydrogen) atoms. The van der Waals surface area contributed by atoms with Crippen molar-refractivity contribution in [2.24, 2.45) is 5.92 Å².